The number of carbonyl (C=O) groups is 1. The molecule has 1 aliphatic heterocycles. The van der Waals surface area contributed by atoms with Crippen molar-refractivity contribution in [2.45, 2.75) is 32.6 Å². The van der Waals surface area contributed by atoms with Gasteiger partial charge < -0.3 is 20.9 Å². The van der Waals surface area contributed by atoms with Crippen LogP contribution >= 0.6 is 35.3 Å². The number of amides is 1. The van der Waals surface area contributed by atoms with Crippen molar-refractivity contribution in [3.05, 3.63) is 22.4 Å². The number of nitrogens with one attached hydrogen (secondary N) is 3. The molecule has 6 nitrogen and oxygen atoms in total. The van der Waals surface area contributed by atoms with Crippen LogP contribution in [0, 0.1) is 0 Å². The fourth-order valence-electron chi connectivity index (χ4n) is 2.82. The highest BCUT2D eigenvalue weighted by Gasteiger charge is 2.09. The maximum absolute atomic E-state index is 11.8. The van der Waals surface area contributed by atoms with Crippen LogP contribution < -0.4 is 16.0 Å². The zero-order chi connectivity index (χ0) is 17.7. The van der Waals surface area contributed by atoms with E-state index in [2.05, 4.69) is 32.8 Å². The molecule has 0 atom stereocenters. The molecule has 1 fully saturated rings. The second-order valence-corrected chi connectivity index (χ2v) is 7.12. The average Bonchev–Trinajstić information content (AvgIpc) is 3.17. The lowest BCUT2D eigenvalue weighted by Gasteiger charge is -2.26. The average molecular weight is 493 g/mol. The quantitative estimate of drug-likeness (QED) is 0.214. The van der Waals surface area contributed by atoms with Crippen LogP contribution in [0.5, 0.6) is 0 Å². The number of hydrogen-bond acceptors (Lipinski definition) is 4. The van der Waals surface area contributed by atoms with Crippen molar-refractivity contribution in [3.63, 3.8) is 0 Å². The van der Waals surface area contributed by atoms with Gasteiger partial charge in [0.15, 0.2) is 5.96 Å². The first kappa shape index (κ1) is 23.2. The maximum atomic E-state index is 11.8. The molecule has 1 aromatic rings. The Morgan fingerprint density at radius 3 is 2.69 bits per heavy atom. The van der Waals surface area contributed by atoms with Crippen molar-refractivity contribution in [1.29, 1.82) is 0 Å². The molecule has 148 valence electrons. The van der Waals surface area contributed by atoms with E-state index in [4.69, 9.17) is 0 Å². The number of nitrogens with zero attached hydrogens (tertiary/aromatic N) is 2. The third-order valence-corrected chi connectivity index (χ3v) is 5.02. The largest absolute Gasteiger partial charge is 0.357 e. The normalized spacial score (nSPS) is 15.2. The summed E-state index contributed by atoms with van der Waals surface area (Å²) in [4.78, 5) is 19.7. The third kappa shape index (κ3) is 9.18. The molecule has 0 aromatic carbocycles. The summed E-state index contributed by atoms with van der Waals surface area (Å²) in [6.07, 6.45) is 4.85. The monoisotopic (exact) mass is 493 g/mol. The molecule has 1 saturated heterocycles. The number of piperidine rings is 1. The molecule has 0 radical (unpaired) electrons. The summed E-state index contributed by atoms with van der Waals surface area (Å²) in [7, 11) is 0. The Hall–Kier alpha value is -0.870. The van der Waals surface area contributed by atoms with Crippen molar-refractivity contribution in [2.24, 2.45) is 4.99 Å². The minimum atomic E-state index is 0. The van der Waals surface area contributed by atoms with E-state index in [0.29, 0.717) is 13.1 Å². The van der Waals surface area contributed by atoms with E-state index in [1.54, 1.807) is 0 Å². The summed E-state index contributed by atoms with van der Waals surface area (Å²) in [5, 5.41) is 11.5. The summed E-state index contributed by atoms with van der Waals surface area (Å²) in [5.74, 6) is 0.870. The molecule has 1 amide bonds. The molecule has 3 N–H and O–H groups in total. The van der Waals surface area contributed by atoms with Crippen molar-refractivity contribution in [2.75, 3.05) is 45.8 Å². The molecule has 8 heteroatoms. The predicted molar refractivity (Wildman–Crippen MR) is 121 cm³/mol. The molecule has 1 aliphatic rings. The van der Waals surface area contributed by atoms with Gasteiger partial charge in [-0.25, -0.2) is 0 Å². The number of carbonyl (C=O) groups excluding carboxylic acids is 1. The van der Waals surface area contributed by atoms with Gasteiger partial charge in [0.25, 0.3) is 5.91 Å². The molecule has 0 aliphatic carbocycles. The van der Waals surface area contributed by atoms with Gasteiger partial charge in [0.1, 0.15) is 0 Å². The molecule has 0 saturated carbocycles. The zero-order valence-electron chi connectivity index (χ0n) is 15.6. The highest BCUT2D eigenvalue weighted by atomic mass is 127. The van der Waals surface area contributed by atoms with Crippen molar-refractivity contribution < 1.29 is 4.79 Å². The van der Waals surface area contributed by atoms with Crippen LogP contribution in [0.2, 0.25) is 0 Å². The minimum absolute atomic E-state index is 0. The molecule has 2 rings (SSSR count). The number of likely N-dealkylation sites (tertiary alicyclic amines) is 1. The summed E-state index contributed by atoms with van der Waals surface area (Å²) >= 11 is 1.46. The van der Waals surface area contributed by atoms with Gasteiger partial charge in [-0.2, -0.15) is 0 Å². The lowest BCUT2D eigenvalue weighted by molar-refractivity contribution is 0.0957. The lowest BCUT2D eigenvalue weighted by atomic mass is 10.1. The van der Waals surface area contributed by atoms with Gasteiger partial charge in [0.2, 0.25) is 0 Å². The second-order valence-electron chi connectivity index (χ2n) is 6.18. The van der Waals surface area contributed by atoms with E-state index in [1.807, 2.05) is 17.5 Å². The Bertz CT molecular complexity index is 518. The van der Waals surface area contributed by atoms with E-state index in [0.717, 1.165) is 36.9 Å². The third-order valence-electron chi connectivity index (χ3n) is 4.15. The molecule has 26 heavy (non-hydrogen) atoms. The molecular formula is C18H32IN5OS. The van der Waals surface area contributed by atoms with Gasteiger partial charge >= 0.3 is 0 Å². The number of aliphatic imine (C=N–C) groups is 1. The van der Waals surface area contributed by atoms with Crippen molar-refractivity contribution in [1.82, 2.24) is 20.9 Å². The van der Waals surface area contributed by atoms with Crippen LogP contribution in [-0.4, -0.2) is 62.6 Å². The standard InChI is InChI=1S/C18H31N5OS.HI/c1-2-19-18(22-11-14-23-12-4-3-5-13-23)21-10-7-9-20-17(24)16-8-6-15-25-16;/h6,8,15H,2-5,7,9-14H2,1H3,(H,20,24)(H2,19,21,22);1H. The molecular weight excluding hydrogens is 461 g/mol. The fourth-order valence-corrected chi connectivity index (χ4v) is 3.46. The first-order valence-corrected chi connectivity index (χ1v) is 10.2. The van der Waals surface area contributed by atoms with Crippen LogP contribution in [0.4, 0.5) is 0 Å². The van der Waals surface area contributed by atoms with Crippen molar-refractivity contribution in [3.8, 4) is 0 Å². The molecule has 0 unspecified atom stereocenters. The molecule has 0 spiro atoms. The highest BCUT2D eigenvalue weighted by molar-refractivity contribution is 14.0. The van der Waals surface area contributed by atoms with E-state index in [9.17, 15) is 4.79 Å². The van der Waals surface area contributed by atoms with Gasteiger partial charge in [-0.05, 0) is 50.7 Å². The molecule has 1 aromatic heterocycles. The van der Waals surface area contributed by atoms with E-state index >= 15 is 0 Å². The second kappa shape index (κ2) is 14.2. The zero-order valence-corrected chi connectivity index (χ0v) is 18.8. The van der Waals surface area contributed by atoms with Crippen LogP contribution in [0.25, 0.3) is 0 Å². The SMILES string of the molecule is CCNC(=NCCCNC(=O)c1cccs1)NCCN1CCCCC1.I. The van der Waals surface area contributed by atoms with Gasteiger partial charge in [-0.1, -0.05) is 12.5 Å². The van der Waals surface area contributed by atoms with E-state index in [1.165, 1.54) is 43.7 Å². The van der Waals surface area contributed by atoms with Gasteiger partial charge in [0, 0.05) is 32.7 Å². The smallest absolute Gasteiger partial charge is 0.261 e. The predicted octanol–water partition coefficient (Wildman–Crippen LogP) is 2.53. The Morgan fingerprint density at radius 1 is 1.19 bits per heavy atom. The van der Waals surface area contributed by atoms with E-state index in [-0.39, 0.29) is 29.9 Å². The van der Waals surface area contributed by atoms with Crippen LogP contribution in [0.3, 0.4) is 0 Å². The Balaban J connectivity index is 0.00000338. The highest BCUT2D eigenvalue weighted by Crippen LogP contribution is 2.08. The van der Waals surface area contributed by atoms with Crippen LogP contribution in [-0.2, 0) is 0 Å². The number of halogens is 1. The topological polar surface area (TPSA) is 68.8 Å². The van der Waals surface area contributed by atoms with E-state index < -0.39 is 0 Å². The lowest BCUT2D eigenvalue weighted by Crippen LogP contribution is -2.42. The summed E-state index contributed by atoms with van der Waals surface area (Å²) in [5.41, 5.74) is 0. The van der Waals surface area contributed by atoms with Gasteiger partial charge in [-0.15, -0.1) is 35.3 Å². The van der Waals surface area contributed by atoms with Crippen LogP contribution in [0.1, 0.15) is 42.3 Å². The summed E-state index contributed by atoms with van der Waals surface area (Å²) in [6.45, 7) is 8.70. The number of rotatable bonds is 9. The fraction of sp³-hybridized carbons (Fsp3) is 0.667. The summed E-state index contributed by atoms with van der Waals surface area (Å²) < 4.78 is 0. The number of thiophene rings is 1. The molecule has 0 bridgehead atoms. The molecule has 2 heterocycles. The maximum Gasteiger partial charge on any atom is 0.261 e. The van der Waals surface area contributed by atoms with Gasteiger partial charge in [-0.3, -0.25) is 9.79 Å². The Morgan fingerprint density at radius 2 is 2.00 bits per heavy atom. The van der Waals surface area contributed by atoms with Gasteiger partial charge in [0.05, 0.1) is 4.88 Å². The van der Waals surface area contributed by atoms with Crippen LogP contribution in [0.15, 0.2) is 22.5 Å². The minimum Gasteiger partial charge on any atom is -0.357 e. The number of guanidine groups is 1. The summed E-state index contributed by atoms with van der Waals surface area (Å²) in [6, 6.07) is 3.73. The Labute approximate surface area is 178 Å². The van der Waals surface area contributed by atoms with Crippen molar-refractivity contribution >= 4 is 47.2 Å². The first-order chi connectivity index (χ1) is 12.3. The first-order valence-electron chi connectivity index (χ1n) is 9.36. The number of hydrogen-bond donors (Lipinski definition) is 3. The Kier molecular flexibility index (Phi) is 12.7.